The molecular weight excluding hydrogens is 514 g/mol. The zero-order chi connectivity index (χ0) is 25.4. The minimum absolute atomic E-state index is 0.0356. The second kappa shape index (κ2) is 10.2. The van der Waals surface area contributed by atoms with Crippen LogP contribution in [-0.4, -0.2) is 59.4 Å². The zero-order valence-corrected chi connectivity index (χ0v) is 20.1. The SMILES string of the molecule is O=C(c1cc(C(F)(F)F)cc(C(F)(F)F)c1)N1CC[C@H](N2CCSCC2)[C@H](c2ccc(Cl)cc2)C1. The molecular formula is C24H23ClF6N2OS. The van der Waals surface area contributed by atoms with Gasteiger partial charge in [-0.3, -0.25) is 9.69 Å². The number of hydrogen-bond donors (Lipinski definition) is 0. The van der Waals surface area contributed by atoms with Crippen molar-refractivity contribution in [1.29, 1.82) is 0 Å². The van der Waals surface area contributed by atoms with E-state index in [9.17, 15) is 31.1 Å². The minimum atomic E-state index is -5.01. The van der Waals surface area contributed by atoms with Gasteiger partial charge in [-0.25, -0.2) is 0 Å². The fraction of sp³-hybridized carbons (Fsp3) is 0.458. The van der Waals surface area contributed by atoms with E-state index in [0.29, 0.717) is 23.6 Å². The molecule has 0 bridgehead atoms. The topological polar surface area (TPSA) is 23.6 Å². The largest absolute Gasteiger partial charge is 0.416 e. The maximum atomic E-state index is 13.3. The van der Waals surface area contributed by atoms with E-state index in [2.05, 4.69) is 4.90 Å². The Kier molecular flexibility index (Phi) is 7.64. The molecule has 3 nitrogen and oxygen atoms in total. The van der Waals surface area contributed by atoms with Gasteiger partial charge in [0.1, 0.15) is 0 Å². The maximum absolute atomic E-state index is 13.3. The molecule has 2 heterocycles. The number of nitrogens with zero attached hydrogens (tertiary/aromatic N) is 2. The van der Waals surface area contributed by atoms with Gasteiger partial charge in [-0.1, -0.05) is 23.7 Å². The molecule has 190 valence electrons. The van der Waals surface area contributed by atoms with Crippen molar-refractivity contribution in [2.24, 2.45) is 0 Å². The average molecular weight is 537 g/mol. The van der Waals surface area contributed by atoms with Gasteiger partial charge in [0.05, 0.1) is 11.1 Å². The number of rotatable bonds is 3. The van der Waals surface area contributed by atoms with Gasteiger partial charge in [0.2, 0.25) is 0 Å². The molecule has 2 atom stereocenters. The molecule has 35 heavy (non-hydrogen) atoms. The summed E-state index contributed by atoms with van der Waals surface area (Å²) >= 11 is 7.90. The summed E-state index contributed by atoms with van der Waals surface area (Å²) in [6.45, 7) is 2.20. The predicted molar refractivity (Wildman–Crippen MR) is 124 cm³/mol. The number of amides is 1. The number of carbonyl (C=O) groups excluding carboxylic acids is 1. The number of carbonyl (C=O) groups is 1. The van der Waals surface area contributed by atoms with Crippen LogP contribution in [0.3, 0.4) is 0 Å². The first kappa shape index (κ1) is 26.2. The fourth-order valence-corrected chi connectivity index (χ4v) is 5.83. The molecule has 0 aromatic heterocycles. The number of hydrogen-bond acceptors (Lipinski definition) is 3. The summed E-state index contributed by atoms with van der Waals surface area (Å²) in [5.41, 5.74) is -2.68. The van der Waals surface area contributed by atoms with Crippen LogP contribution in [0.1, 0.15) is 39.4 Å². The molecule has 2 aromatic rings. The Labute approximate surface area is 208 Å². The van der Waals surface area contributed by atoms with Crippen LogP contribution < -0.4 is 0 Å². The molecule has 0 N–H and O–H groups in total. The van der Waals surface area contributed by atoms with Crippen LogP contribution >= 0.6 is 23.4 Å². The highest BCUT2D eigenvalue weighted by molar-refractivity contribution is 7.99. The number of thioether (sulfide) groups is 1. The highest BCUT2D eigenvalue weighted by atomic mass is 35.5. The Bertz CT molecular complexity index is 1020. The molecule has 2 fully saturated rings. The Morgan fingerprint density at radius 3 is 2.00 bits per heavy atom. The van der Waals surface area contributed by atoms with Crippen LogP contribution in [0.2, 0.25) is 5.02 Å². The average Bonchev–Trinajstić information content (AvgIpc) is 2.83. The van der Waals surface area contributed by atoms with Crippen LogP contribution in [0.25, 0.3) is 0 Å². The lowest BCUT2D eigenvalue weighted by molar-refractivity contribution is -0.143. The molecule has 0 saturated carbocycles. The summed E-state index contributed by atoms with van der Waals surface area (Å²) in [6.07, 6.45) is -9.46. The third-order valence-corrected chi connectivity index (χ3v) is 7.71. The van der Waals surface area contributed by atoms with Crippen molar-refractivity contribution < 1.29 is 31.1 Å². The number of piperidine rings is 1. The van der Waals surface area contributed by atoms with Gasteiger partial charge >= 0.3 is 12.4 Å². The Morgan fingerprint density at radius 1 is 0.886 bits per heavy atom. The van der Waals surface area contributed by atoms with Crippen LogP contribution in [0, 0.1) is 0 Å². The van der Waals surface area contributed by atoms with Gasteiger partial charge < -0.3 is 4.90 Å². The van der Waals surface area contributed by atoms with Crippen LogP contribution in [-0.2, 0) is 12.4 Å². The lowest BCUT2D eigenvalue weighted by Gasteiger charge is -2.45. The van der Waals surface area contributed by atoms with Gasteiger partial charge in [-0.05, 0) is 42.3 Å². The normalized spacial score (nSPS) is 22.3. The maximum Gasteiger partial charge on any atom is 0.416 e. The molecule has 2 saturated heterocycles. The second-order valence-electron chi connectivity index (χ2n) is 8.71. The summed E-state index contributed by atoms with van der Waals surface area (Å²) in [4.78, 5) is 17.0. The predicted octanol–water partition coefficient (Wildman–Crippen LogP) is 6.42. The monoisotopic (exact) mass is 536 g/mol. The molecule has 1 amide bonds. The number of likely N-dealkylation sites (tertiary alicyclic amines) is 1. The highest BCUT2D eigenvalue weighted by Crippen LogP contribution is 2.38. The van der Waals surface area contributed by atoms with Crippen molar-refractivity contribution in [3.05, 3.63) is 69.7 Å². The van der Waals surface area contributed by atoms with Crippen molar-refractivity contribution >= 4 is 29.3 Å². The Balaban J connectivity index is 1.65. The van der Waals surface area contributed by atoms with Crippen molar-refractivity contribution in [3.8, 4) is 0 Å². The molecule has 2 aromatic carbocycles. The smallest absolute Gasteiger partial charge is 0.338 e. The standard InChI is InChI=1S/C24H23ClF6N2OS/c25-19-3-1-15(2-4-19)20-14-33(6-5-21(20)32-7-9-35-10-8-32)22(34)16-11-17(23(26,27)28)13-18(12-16)24(29,30)31/h1-4,11-13,20-21H,5-10,14H2/t20-,21-/m0/s1. The van der Waals surface area contributed by atoms with Crippen molar-refractivity contribution in [1.82, 2.24) is 9.80 Å². The summed E-state index contributed by atoms with van der Waals surface area (Å²) < 4.78 is 79.8. The van der Waals surface area contributed by atoms with Gasteiger partial charge in [0.15, 0.2) is 0 Å². The molecule has 2 aliphatic heterocycles. The van der Waals surface area contributed by atoms with E-state index < -0.39 is 35.0 Å². The van der Waals surface area contributed by atoms with Crippen molar-refractivity contribution in [2.75, 3.05) is 37.7 Å². The van der Waals surface area contributed by atoms with E-state index in [1.54, 1.807) is 12.1 Å². The van der Waals surface area contributed by atoms with Gasteiger partial charge in [-0.15, -0.1) is 0 Å². The minimum Gasteiger partial charge on any atom is -0.338 e. The molecule has 2 aliphatic rings. The third-order valence-electron chi connectivity index (χ3n) is 6.51. The van der Waals surface area contributed by atoms with E-state index >= 15 is 0 Å². The van der Waals surface area contributed by atoms with E-state index in [4.69, 9.17) is 11.6 Å². The van der Waals surface area contributed by atoms with Crippen molar-refractivity contribution in [3.63, 3.8) is 0 Å². The van der Waals surface area contributed by atoms with E-state index in [1.807, 2.05) is 23.9 Å². The molecule has 11 heteroatoms. The van der Waals surface area contributed by atoms with Crippen LogP contribution in [0.15, 0.2) is 42.5 Å². The van der Waals surface area contributed by atoms with Crippen LogP contribution in [0.4, 0.5) is 26.3 Å². The first-order chi connectivity index (χ1) is 16.4. The Morgan fingerprint density at radius 2 is 1.46 bits per heavy atom. The second-order valence-corrected chi connectivity index (χ2v) is 10.4. The van der Waals surface area contributed by atoms with Gasteiger partial charge in [0.25, 0.3) is 5.91 Å². The highest BCUT2D eigenvalue weighted by Gasteiger charge is 2.40. The van der Waals surface area contributed by atoms with Gasteiger partial charge in [0, 0.05) is 60.2 Å². The summed E-state index contributed by atoms with van der Waals surface area (Å²) in [7, 11) is 0. The first-order valence-corrected chi connectivity index (χ1v) is 12.6. The third kappa shape index (κ3) is 6.09. The lowest BCUT2D eigenvalue weighted by Crippen LogP contribution is -2.53. The zero-order valence-electron chi connectivity index (χ0n) is 18.5. The fourth-order valence-electron chi connectivity index (χ4n) is 4.77. The first-order valence-electron chi connectivity index (χ1n) is 11.1. The summed E-state index contributed by atoms with van der Waals surface area (Å²) in [5, 5.41) is 0.548. The van der Waals surface area contributed by atoms with Crippen molar-refractivity contribution in [2.45, 2.75) is 30.7 Å². The number of benzene rings is 2. The van der Waals surface area contributed by atoms with E-state index in [0.717, 1.165) is 30.2 Å². The van der Waals surface area contributed by atoms with Gasteiger partial charge in [-0.2, -0.15) is 38.1 Å². The summed E-state index contributed by atoms with van der Waals surface area (Å²) in [5.74, 6) is 0.975. The quantitative estimate of drug-likeness (QED) is 0.423. The lowest BCUT2D eigenvalue weighted by atomic mass is 9.84. The Hall–Kier alpha value is -1.91. The molecule has 0 aliphatic carbocycles. The number of halogens is 7. The van der Waals surface area contributed by atoms with E-state index in [-0.39, 0.29) is 31.1 Å². The molecule has 0 spiro atoms. The number of alkyl halides is 6. The van der Waals surface area contributed by atoms with E-state index in [1.165, 1.54) is 4.90 Å². The molecule has 0 radical (unpaired) electrons. The van der Waals surface area contributed by atoms with Crippen LogP contribution in [0.5, 0.6) is 0 Å². The summed E-state index contributed by atoms with van der Waals surface area (Å²) in [6, 6.07) is 8.34. The molecule has 0 unspecified atom stereocenters. The molecule has 4 rings (SSSR count).